The number of allylic oxidation sites excluding steroid dienone is 12. The Bertz CT molecular complexity index is 1990. The van der Waals surface area contributed by atoms with Crippen molar-refractivity contribution in [1.82, 2.24) is 15.0 Å². The molecular formula is C49H55N3. The van der Waals surface area contributed by atoms with E-state index in [4.69, 9.17) is 15.0 Å². The summed E-state index contributed by atoms with van der Waals surface area (Å²) in [5, 5.41) is 0. The summed E-state index contributed by atoms with van der Waals surface area (Å²) in [5.41, 5.74) is 11.1. The normalized spacial score (nSPS) is 27.1. The first-order valence-electron chi connectivity index (χ1n) is 20.6. The highest BCUT2D eigenvalue weighted by atomic mass is 15.0. The van der Waals surface area contributed by atoms with Crippen LogP contribution in [0.1, 0.15) is 161 Å². The predicted octanol–water partition coefficient (Wildman–Crippen LogP) is 12.8. The topological polar surface area (TPSA) is 38.7 Å². The van der Waals surface area contributed by atoms with Gasteiger partial charge >= 0.3 is 0 Å². The highest BCUT2D eigenvalue weighted by Crippen LogP contribution is 2.53. The third kappa shape index (κ3) is 6.43. The molecule has 0 amide bonds. The summed E-state index contributed by atoms with van der Waals surface area (Å²) in [6, 6.07) is 18.8. The van der Waals surface area contributed by atoms with Crippen molar-refractivity contribution in [1.29, 1.82) is 0 Å². The Morgan fingerprint density at radius 1 is 0.654 bits per heavy atom. The second-order valence-corrected chi connectivity index (χ2v) is 17.1. The fourth-order valence-corrected chi connectivity index (χ4v) is 10.8. The smallest absolute Gasteiger partial charge is 0.159 e. The van der Waals surface area contributed by atoms with Gasteiger partial charge in [0.25, 0.3) is 0 Å². The SMILES string of the molecule is CC1(C)C2=CC(c3ccc(C4CCCC5CCCCC5C4c4nc(C5=CC=CC=CC5)nc(C5CCCCC5)n4)cc3)=CC=C(C2)c2ccccc21. The monoisotopic (exact) mass is 685 g/mol. The lowest BCUT2D eigenvalue weighted by molar-refractivity contribution is 0.188. The van der Waals surface area contributed by atoms with Crippen LogP contribution < -0.4 is 0 Å². The van der Waals surface area contributed by atoms with Crippen molar-refractivity contribution in [3.05, 3.63) is 142 Å². The lowest BCUT2D eigenvalue weighted by Crippen LogP contribution is -2.29. The van der Waals surface area contributed by atoms with Gasteiger partial charge in [0.15, 0.2) is 5.82 Å². The zero-order chi connectivity index (χ0) is 35.1. The quantitative estimate of drug-likeness (QED) is 0.268. The molecule has 0 spiro atoms. The van der Waals surface area contributed by atoms with Gasteiger partial charge < -0.3 is 0 Å². The molecule has 4 atom stereocenters. The van der Waals surface area contributed by atoms with Gasteiger partial charge in [0.2, 0.25) is 0 Å². The summed E-state index contributed by atoms with van der Waals surface area (Å²) < 4.78 is 0. The first-order chi connectivity index (χ1) is 25.5. The molecule has 0 N–H and O–H groups in total. The van der Waals surface area contributed by atoms with Crippen molar-refractivity contribution in [3.8, 4) is 0 Å². The average Bonchev–Trinajstić information content (AvgIpc) is 3.67. The van der Waals surface area contributed by atoms with E-state index in [1.54, 1.807) is 0 Å². The maximum absolute atomic E-state index is 5.56. The molecule has 1 aromatic heterocycles. The molecule has 6 aliphatic carbocycles. The number of nitrogens with zero attached hydrogens (tertiary/aromatic N) is 3. The molecule has 3 heteroatoms. The minimum Gasteiger partial charge on any atom is -0.217 e. The number of fused-ring (bicyclic) bond motifs is 5. The van der Waals surface area contributed by atoms with Crippen LogP contribution in [0.2, 0.25) is 0 Å². The lowest BCUT2D eigenvalue weighted by atomic mass is 9.67. The van der Waals surface area contributed by atoms with E-state index in [-0.39, 0.29) is 5.41 Å². The van der Waals surface area contributed by atoms with E-state index >= 15 is 0 Å². The van der Waals surface area contributed by atoms with E-state index in [0.717, 1.165) is 36.2 Å². The molecule has 3 fully saturated rings. The Kier molecular flexibility index (Phi) is 9.32. The van der Waals surface area contributed by atoms with Gasteiger partial charge in [-0.1, -0.05) is 168 Å². The molecular weight excluding hydrogens is 631 g/mol. The highest BCUT2D eigenvalue weighted by molar-refractivity contribution is 5.86. The summed E-state index contributed by atoms with van der Waals surface area (Å²) in [6.45, 7) is 4.80. The Balaban J connectivity index is 1.10. The van der Waals surface area contributed by atoms with Crippen molar-refractivity contribution >= 4 is 16.7 Å². The van der Waals surface area contributed by atoms with Crippen molar-refractivity contribution < 1.29 is 0 Å². The van der Waals surface area contributed by atoms with E-state index in [2.05, 4.69) is 111 Å². The number of hydrogen-bond donors (Lipinski definition) is 0. The van der Waals surface area contributed by atoms with E-state index < -0.39 is 0 Å². The van der Waals surface area contributed by atoms with Crippen LogP contribution in [0.5, 0.6) is 0 Å². The molecule has 0 saturated heterocycles. The van der Waals surface area contributed by atoms with Gasteiger partial charge in [0.1, 0.15) is 11.6 Å². The van der Waals surface area contributed by atoms with Gasteiger partial charge in [-0.2, -0.15) is 0 Å². The van der Waals surface area contributed by atoms with Crippen LogP contribution in [0.25, 0.3) is 16.7 Å². The van der Waals surface area contributed by atoms with Crippen molar-refractivity contribution in [2.45, 2.75) is 127 Å². The molecule has 266 valence electrons. The Morgan fingerprint density at radius 2 is 1.44 bits per heavy atom. The standard InChI is InChI=1S/C49H55N3/c1-49(2)40-31-38(29-30-39(32-40)41-21-12-13-24-44(41)49)33-25-27-35(28-26-33)43-23-14-20-34-15-10-11-22-42(34)45(43)48-51-46(36-16-6-3-4-7-17-36)50-47(52-48)37-18-8-5-9-19-37/h3-4,6-7,12-13,16,21,24-31,34,37,42-43,45H,5,8-11,14-15,17-20,22-23,32H2,1-2H3. The van der Waals surface area contributed by atoms with E-state index in [0.29, 0.717) is 23.7 Å². The molecule has 4 unspecified atom stereocenters. The third-order valence-corrected chi connectivity index (χ3v) is 13.8. The molecule has 1 heterocycles. The molecule has 9 rings (SSSR count). The van der Waals surface area contributed by atoms with E-state index in [1.165, 1.54) is 122 Å². The van der Waals surface area contributed by atoms with Crippen LogP contribution >= 0.6 is 0 Å². The van der Waals surface area contributed by atoms with Gasteiger partial charge in [0.05, 0.1) is 0 Å². The molecule has 3 saturated carbocycles. The minimum absolute atomic E-state index is 0.0145. The number of hydrogen-bond acceptors (Lipinski definition) is 3. The maximum Gasteiger partial charge on any atom is 0.159 e. The summed E-state index contributed by atoms with van der Waals surface area (Å²) >= 11 is 0. The first kappa shape index (κ1) is 33.7. The van der Waals surface area contributed by atoms with Crippen LogP contribution in [0.15, 0.2) is 103 Å². The average molecular weight is 686 g/mol. The fraction of sp³-hybridized carbons (Fsp3) is 0.449. The second kappa shape index (κ2) is 14.4. The zero-order valence-corrected chi connectivity index (χ0v) is 31.4. The Hall–Kier alpha value is -4.11. The Labute approximate surface area is 311 Å². The minimum atomic E-state index is 0.0145. The molecule has 3 aromatic rings. The van der Waals surface area contributed by atoms with Gasteiger partial charge in [-0.3, -0.25) is 0 Å². The first-order valence-corrected chi connectivity index (χ1v) is 20.6. The molecule has 0 aliphatic heterocycles. The molecule has 0 radical (unpaired) electrons. The molecule has 2 bridgehead atoms. The van der Waals surface area contributed by atoms with Crippen LogP contribution in [0, 0.1) is 11.8 Å². The van der Waals surface area contributed by atoms with Crippen LogP contribution in [0.3, 0.4) is 0 Å². The van der Waals surface area contributed by atoms with Crippen molar-refractivity contribution in [3.63, 3.8) is 0 Å². The number of rotatable bonds is 5. The van der Waals surface area contributed by atoms with Crippen LogP contribution in [-0.2, 0) is 5.41 Å². The summed E-state index contributed by atoms with van der Waals surface area (Å²) in [6.07, 6.45) is 35.5. The summed E-state index contributed by atoms with van der Waals surface area (Å²) in [5.74, 6) is 5.67. The van der Waals surface area contributed by atoms with Crippen LogP contribution in [-0.4, -0.2) is 15.0 Å². The van der Waals surface area contributed by atoms with Crippen molar-refractivity contribution in [2.24, 2.45) is 11.8 Å². The third-order valence-electron chi connectivity index (χ3n) is 13.8. The molecule has 3 nitrogen and oxygen atoms in total. The molecule has 6 aliphatic rings. The van der Waals surface area contributed by atoms with E-state index in [9.17, 15) is 0 Å². The van der Waals surface area contributed by atoms with Gasteiger partial charge in [0, 0.05) is 22.8 Å². The van der Waals surface area contributed by atoms with Gasteiger partial charge in [-0.25, -0.2) is 15.0 Å². The number of benzene rings is 2. The molecule has 2 aromatic carbocycles. The largest absolute Gasteiger partial charge is 0.217 e. The summed E-state index contributed by atoms with van der Waals surface area (Å²) in [7, 11) is 0. The Morgan fingerprint density at radius 3 is 2.33 bits per heavy atom. The second-order valence-electron chi connectivity index (χ2n) is 17.1. The predicted molar refractivity (Wildman–Crippen MR) is 216 cm³/mol. The number of aromatic nitrogens is 3. The lowest BCUT2D eigenvalue weighted by Gasteiger charge is -2.38. The fourth-order valence-electron chi connectivity index (χ4n) is 10.8. The summed E-state index contributed by atoms with van der Waals surface area (Å²) in [4.78, 5) is 16.4. The van der Waals surface area contributed by atoms with Crippen molar-refractivity contribution in [2.75, 3.05) is 0 Å². The molecule has 52 heavy (non-hydrogen) atoms. The van der Waals surface area contributed by atoms with E-state index in [1.807, 2.05) is 0 Å². The maximum atomic E-state index is 5.56. The van der Waals surface area contributed by atoms with Gasteiger partial charge in [-0.05, 0) is 89.7 Å². The highest BCUT2D eigenvalue weighted by Gasteiger charge is 2.42. The zero-order valence-electron chi connectivity index (χ0n) is 31.4. The van der Waals surface area contributed by atoms with Gasteiger partial charge in [-0.15, -0.1) is 0 Å². The van der Waals surface area contributed by atoms with Crippen LogP contribution in [0.4, 0.5) is 0 Å².